The fourth-order valence-corrected chi connectivity index (χ4v) is 5.42. The molecule has 1 N–H and O–H groups in total. The van der Waals surface area contributed by atoms with Gasteiger partial charge in [0.25, 0.3) is 0 Å². The maximum Gasteiger partial charge on any atom is 0.335 e. The Morgan fingerprint density at radius 2 is 1.62 bits per heavy atom. The minimum Gasteiger partial charge on any atom is -0.486 e. The number of carboxylic acid groups (broad SMARTS) is 1. The van der Waals surface area contributed by atoms with Crippen molar-refractivity contribution in [3.8, 4) is 5.75 Å². The minimum absolute atomic E-state index is 0.208. The Bertz CT molecular complexity index is 1580. The summed E-state index contributed by atoms with van der Waals surface area (Å²) in [5.74, 6) is 0.768. The Labute approximate surface area is 217 Å². The van der Waals surface area contributed by atoms with Gasteiger partial charge in [0.05, 0.1) is 33.1 Å². The summed E-state index contributed by atoms with van der Waals surface area (Å²) in [4.78, 5) is 16.8. The van der Waals surface area contributed by atoms with Crippen LogP contribution in [0, 0.1) is 6.92 Å². The molecule has 1 heterocycles. The van der Waals surface area contributed by atoms with E-state index in [0.29, 0.717) is 18.0 Å². The summed E-state index contributed by atoms with van der Waals surface area (Å²) >= 11 is 0. The highest BCUT2D eigenvalue weighted by Crippen LogP contribution is 2.24. The first-order valence-corrected chi connectivity index (χ1v) is 13.2. The maximum atomic E-state index is 13.1. The summed E-state index contributed by atoms with van der Waals surface area (Å²) in [6.07, 6.45) is 0. The van der Waals surface area contributed by atoms with Crippen LogP contribution >= 0.6 is 0 Å². The van der Waals surface area contributed by atoms with Gasteiger partial charge in [0.15, 0.2) is 0 Å². The van der Waals surface area contributed by atoms with Crippen molar-refractivity contribution in [2.45, 2.75) is 30.7 Å². The molecule has 0 aliphatic rings. The first-order chi connectivity index (χ1) is 18.0. The van der Waals surface area contributed by atoms with Gasteiger partial charge >= 0.3 is 5.97 Å². The van der Waals surface area contributed by atoms with E-state index in [1.54, 1.807) is 12.1 Å². The Morgan fingerprint density at radius 1 is 0.919 bits per heavy atom. The Morgan fingerprint density at radius 3 is 2.35 bits per heavy atom. The molecule has 0 bridgehead atoms. The van der Waals surface area contributed by atoms with Crippen LogP contribution in [-0.4, -0.2) is 24.8 Å². The first-order valence-electron chi connectivity index (χ1n) is 11.9. The number of fused-ring (bicyclic) bond motifs is 1. The number of ether oxygens (including phenoxy) is 1. The maximum absolute atomic E-state index is 13.1. The number of aromatic carboxylic acids is 1. The molecule has 6 nitrogen and oxygen atoms in total. The van der Waals surface area contributed by atoms with Crippen LogP contribution in [0.15, 0.2) is 102 Å². The summed E-state index contributed by atoms with van der Waals surface area (Å²) in [5, 5.41) is 9.13. The lowest BCUT2D eigenvalue weighted by molar-refractivity contribution is 0.0697. The third-order valence-corrected chi connectivity index (χ3v) is 7.56. The van der Waals surface area contributed by atoms with Crippen molar-refractivity contribution in [2.24, 2.45) is 0 Å². The van der Waals surface area contributed by atoms with Crippen LogP contribution in [0.3, 0.4) is 0 Å². The van der Waals surface area contributed by atoms with Crippen molar-refractivity contribution in [3.05, 3.63) is 125 Å². The normalized spacial score (nSPS) is 11.9. The van der Waals surface area contributed by atoms with E-state index in [1.165, 1.54) is 12.1 Å². The van der Waals surface area contributed by atoms with Gasteiger partial charge in [-0.2, -0.15) is 0 Å². The molecule has 37 heavy (non-hydrogen) atoms. The predicted molar refractivity (Wildman–Crippen MR) is 144 cm³/mol. The van der Waals surface area contributed by atoms with E-state index < -0.39 is 16.8 Å². The molecular formula is C30H26N2O4S. The highest BCUT2D eigenvalue weighted by molar-refractivity contribution is 7.84. The quantitative estimate of drug-likeness (QED) is 0.264. The van der Waals surface area contributed by atoms with Crippen molar-refractivity contribution in [3.63, 3.8) is 0 Å². The smallest absolute Gasteiger partial charge is 0.335 e. The van der Waals surface area contributed by atoms with Gasteiger partial charge in [0, 0.05) is 11.4 Å². The van der Waals surface area contributed by atoms with Crippen LogP contribution in [0.2, 0.25) is 0 Å². The number of hydrogen-bond donors (Lipinski definition) is 1. The van der Waals surface area contributed by atoms with Crippen molar-refractivity contribution in [1.29, 1.82) is 0 Å². The molecule has 0 aliphatic heterocycles. The third kappa shape index (κ3) is 5.62. The van der Waals surface area contributed by atoms with Gasteiger partial charge in [-0.15, -0.1) is 0 Å². The zero-order chi connectivity index (χ0) is 25.8. The van der Waals surface area contributed by atoms with Crippen LogP contribution in [0.25, 0.3) is 11.0 Å². The van der Waals surface area contributed by atoms with Gasteiger partial charge in [-0.1, -0.05) is 48.5 Å². The number of hydrogen-bond acceptors (Lipinski definition) is 4. The molecule has 7 heteroatoms. The molecule has 186 valence electrons. The fraction of sp³-hybridized carbons (Fsp3) is 0.133. The van der Waals surface area contributed by atoms with E-state index in [0.717, 1.165) is 38.4 Å². The first kappa shape index (κ1) is 24.5. The average molecular weight is 511 g/mol. The highest BCUT2D eigenvalue weighted by atomic mass is 32.2. The second kappa shape index (κ2) is 10.8. The average Bonchev–Trinajstić information content (AvgIpc) is 3.25. The molecule has 0 fully saturated rings. The van der Waals surface area contributed by atoms with Gasteiger partial charge in [0.1, 0.15) is 18.2 Å². The van der Waals surface area contributed by atoms with Crippen LogP contribution in [0.5, 0.6) is 5.75 Å². The number of imidazole rings is 1. The number of rotatable bonds is 9. The van der Waals surface area contributed by atoms with Gasteiger partial charge in [-0.3, -0.25) is 4.21 Å². The molecule has 1 atom stereocenters. The molecule has 0 aliphatic carbocycles. The lowest BCUT2D eigenvalue weighted by Crippen LogP contribution is -2.10. The Balaban J connectivity index is 1.44. The fourth-order valence-electron chi connectivity index (χ4n) is 4.23. The van der Waals surface area contributed by atoms with E-state index >= 15 is 0 Å². The summed E-state index contributed by atoms with van der Waals surface area (Å²) in [7, 11) is -1.15. The standard InChI is InChI=1S/C30H26N2O4S/c1-21-11-16-27-28(17-21)32(29(31-27)19-36-25-14-12-22(13-15-25)30(33)34)18-23-7-5-6-8-24(23)20-37(35)26-9-3-2-4-10-26/h2-17H,18-20H2,1H3,(H,33,34). The monoisotopic (exact) mass is 510 g/mol. The van der Waals surface area contributed by atoms with E-state index in [1.807, 2.05) is 67.6 Å². The summed E-state index contributed by atoms with van der Waals surface area (Å²) in [6, 6.07) is 30.1. The zero-order valence-electron chi connectivity index (χ0n) is 20.3. The topological polar surface area (TPSA) is 81.4 Å². The summed E-state index contributed by atoms with van der Waals surface area (Å²) in [5.41, 5.74) is 5.30. The molecule has 0 spiro atoms. The molecule has 5 rings (SSSR count). The third-order valence-electron chi connectivity index (χ3n) is 6.19. The van der Waals surface area contributed by atoms with Crippen LogP contribution in [-0.2, 0) is 29.7 Å². The van der Waals surface area contributed by atoms with Crippen LogP contribution in [0.1, 0.15) is 32.9 Å². The number of carbonyl (C=O) groups is 1. The zero-order valence-corrected chi connectivity index (χ0v) is 21.2. The second-order valence-electron chi connectivity index (χ2n) is 8.80. The van der Waals surface area contributed by atoms with E-state index in [-0.39, 0.29) is 12.2 Å². The summed E-state index contributed by atoms with van der Waals surface area (Å²) < 4.78 is 21.2. The van der Waals surface area contributed by atoms with Crippen molar-refractivity contribution in [1.82, 2.24) is 9.55 Å². The SMILES string of the molecule is Cc1ccc2nc(COc3ccc(C(=O)O)cc3)n(Cc3ccccc3CS(=O)c3ccccc3)c2c1. The number of aryl methyl sites for hydroxylation is 1. The van der Waals surface area contributed by atoms with Crippen molar-refractivity contribution >= 4 is 27.8 Å². The lowest BCUT2D eigenvalue weighted by Gasteiger charge is -2.14. The molecule has 0 amide bonds. The van der Waals surface area contributed by atoms with E-state index in [9.17, 15) is 9.00 Å². The number of nitrogens with zero attached hydrogens (tertiary/aromatic N) is 2. The molecular weight excluding hydrogens is 484 g/mol. The largest absolute Gasteiger partial charge is 0.486 e. The predicted octanol–water partition coefficient (Wildman–Crippen LogP) is 5.98. The van der Waals surface area contributed by atoms with Gasteiger partial charge in [0.2, 0.25) is 0 Å². The molecule has 0 radical (unpaired) electrons. The molecule has 0 saturated heterocycles. The number of aromatic nitrogens is 2. The number of carboxylic acids is 1. The van der Waals surface area contributed by atoms with E-state index in [4.69, 9.17) is 14.8 Å². The van der Waals surface area contributed by atoms with Gasteiger partial charge in [-0.05, 0) is 72.1 Å². The Kier molecular flexibility index (Phi) is 7.14. The van der Waals surface area contributed by atoms with Crippen LogP contribution in [0.4, 0.5) is 0 Å². The summed E-state index contributed by atoms with van der Waals surface area (Å²) in [6.45, 7) is 2.82. The minimum atomic E-state index is -1.15. The van der Waals surface area contributed by atoms with Gasteiger partial charge in [-0.25, -0.2) is 9.78 Å². The van der Waals surface area contributed by atoms with Crippen LogP contribution < -0.4 is 4.74 Å². The molecule has 5 aromatic rings. The van der Waals surface area contributed by atoms with Crippen molar-refractivity contribution in [2.75, 3.05) is 0 Å². The molecule has 1 aromatic heterocycles. The van der Waals surface area contributed by atoms with Crippen molar-refractivity contribution < 1.29 is 18.8 Å². The highest BCUT2D eigenvalue weighted by Gasteiger charge is 2.15. The molecule has 0 saturated carbocycles. The molecule has 1 unspecified atom stereocenters. The number of benzene rings is 4. The Hall–Kier alpha value is -4.23. The second-order valence-corrected chi connectivity index (χ2v) is 10.2. The van der Waals surface area contributed by atoms with Gasteiger partial charge < -0.3 is 14.4 Å². The van der Waals surface area contributed by atoms with E-state index in [2.05, 4.69) is 16.7 Å². The lowest BCUT2D eigenvalue weighted by atomic mass is 10.1. The molecule has 4 aromatic carbocycles.